The predicted octanol–water partition coefficient (Wildman–Crippen LogP) is 2.85. The molecule has 0 saturated carbocycles. The van der Waals surface area contributed by atoms with Gasteiger partial charge in [-0.15, -0.1) is 13.2 Å². The zero-order valence-electron chi connectivity index (χ0n) is 5.55. The van der Waals surface area contributed by atoms with Crippen molar-refractivity contribution in [3.8, 4) is 5.75 Å². The van der Waals surface area contributed by atoms with Crippen LogP contribution in [0.3, 0.4) is 0 Å². The second kappa shape index (κ2) is 4.89. The Morgan fingerprint density at radius 2 is 1.50 bits per heavy atom. The van der Waals surface area contributed by atoms with Crippen LogP contribution in [0.4, 0.5) is 0 Å². The van der Waals surface area contributed by atoms with Gasteiger partial charge in [0.05, 0.1) is 0 Å². The van der Waals surface area contributed by atoms with Crippen LogP contribution >= 0.6 is 11.6 Å². The van der Waals surface area contributed by atoms with Crippen LogP contribution in [0.15, 0.2) is 37.4 Å². The summed E-state index contributed by atoms with van der Waals surface area (Å²) in [4.78, 5) is 0. The van der Waals surface area contributed by atoms with Crippen molar-refractivity contribution in [1.29, 1.82) is 0 Å². The molecule has 0 bridgehead atoms. The molecule has 0 atom stereocenters. The Bertz CT molecular complexity index is 160. The van der Waals surface area contributed by atoms with Gasteiger partial charge in [0.1, 0.15) is 5.75 Å². The van der Waals surface area contributed by atoms with Gasteiger partial charge < -0.3 is 5.11 Å². The maximum atomic E-state index is 8.70. The number of halogens is 1. The third-order valence-electron chi connectivity index (χ3n) is 0.827. The number of phenols is 1. The molecule has 0 aromatic heterocycles. The minimum absolute atomic E-state index is 0.245. The molecule has 0 aliphatic rings. The molecule has 1 nitrogen and oxygen atoms in total. The van der Waals surface area contributed by atoms with Crippen molar-refractivity contribution in [1.82, 2.24) is 0 Å². The highest BCUT2D eigenvalue weighted by Crippen LogP contribution is 2.12. The molecule has 0 fully saturated rings. The lowest BCUT2D eigenvalue weighted by molar-refractivity contribution is 0.475. The van der Waals surface area contributed by atoms with E-state index in [9.17, 15) is 0 Å². The Labute approximate surface area is 65.6 Å². The fraction of sp³-hybridized carbons (Fsp3) is 0. The van der Waals surface area contributed by atoms with Crippen LogP contribution in [0.1, 0.15) is 0 Å². The van der Waals surface area contributed by atoms with Gasteiger partial charge in [0, 0.05) is 5.02 Å². The molecule has 1 aromatic rings. The second-order valence-electron chi connectivity index (χ2n) is 1.48. The summed E-state index contributed by atoms with van der Waals surface area (Å²) in [5.41, 5.74) is 0. The highest BCUT2D eigenvalue weighted by Gasteiger charge is 1.84. The summed E-state index contributed by atoms with van der Waals surface area (Å²) < 4.78 is 0. The van der Waals surface area contributed by atoms with Crippen LogP contribution in [0, 0.1) is 0 Å². The zero-order chi connectivity index (χ0) is 7.98. The summed E-state index contributed by atoms with van der Waals surface area (Å²) in [5.74, 6) is 0.245. The van der Waals surface area contributed by atoms with Crippen molar-refractivity contribution < 1.29 is 5.11 Å². The van der Waals surface area contributed by atoms with Gasteiger partial charge in [0.2, 0.25) is 0 Å². The molecular formula is C8H9ClO. The Balaban J connectivity index is 0.000000371. The highest BCUT2D eigenvalue weighted by molar-refractivity contribution is 6.30. The Kier molecular flexibility index (Phi) is 4.42. The largest absolute Gasteiger partial charge is 0.508 e. The van der Waals surface area contributed by atoms with Crippen LogP contribution in [0.5, 0.6) is 5.75 Å². The number of hydrogen-bond acceptors (Lipinski definition) is 1. The van der Waals surface area contributed by atoms with Gasteiger partial charge in [-0.05, 0) is 24.3 Å². The molecule has 1 rings (SSSR count). The molecule has 2 heteroatoms. The molecule has 0 aliphatic heterocycles. The molecule has 0 heterocycles. The van der Waals surface area contributed by atoms with Gasteiger partial charge >= 0.3 is 0 Å². The molecule has 10 heavy (non-hydrogen) atoms. The van der Waals surface area contributed by atoms with E-state index in [0.29, 0.717) is 5.02 Å². The molecule has 0 spiro atoms. The van der Waals surface area contributed by atoms with E-state index in [1.54, 1.807) is 24.3 Å². The number of rotatable bonds is 0. The normalized spacial score (nSPS) is 7.70. The lowest BCUT2D eigenvalue weighted by Gasteiger charge is -1.87. The number of aromatic hydroxyl groups is 1. The molecule has 0 unspecified atom stereocenters. The second-order valence-corrected chi connectivity index (χ2v) is 1.91. The fourth-order valence-electron chi connectivity index (χ4n) is 0.441. The monoisotopic (exact) mass is 156 g/mol. The van der Waals surface area contributed by atoms with Crippen molar-refractivity contribution in [3.05, 3.63) is 42.4 Å². The average molecular weight is 157 g/mol. The lowest BCUT2D eigenvalue weighted by Crippen LogP contribution is -1.61. The maximum absolute atomic E-state index is 8.70. The first-order chi connectivity index (χ1) is 4.79. The minimum atomic E-state index is 0.245. The number of hydrogen-bond donors (Lipinski definition) is 1. The van der Waals surface area contributed by atoms with E-state index in [2.05, 4.69) is 13.2 Å². The van der Waals surface area contributed by atoms with Gasteiger partial charge in [-0.3, -0.25) is 0 Å². The van der Waals surface area contributed by atoms with Crippen molar-refractivity contribution in [3.63, 3.8) is 0 Å². The molecule has 0 amide bonds. The van der Waals surface area contributed by atoms with Crippen LogP contribution in [-0.4, -0.2) is 5.11 Å². The Hall–Kier alpha value is -0.950. The Morgan fingerprint density at radius 1 is 1.10 bits per heavy atom. The van der Waals surface area contributed by atoms with Crippen LogP contribution in [0.2, 0.25) is 5.02 Å². The topological polar surface area (TPSA) is 20.2 Å². The standard InChI is InChI=1S/C6H5ClO.C2H4/c7-5-1-3-6(8)4-2-5;1-2/h1-4,8H;1-2H2. The predicted molar refractivity (Wildman–Crippen MR) is 44.4 cm³/mol. The fourth-order valence-corrected chi connectivity index (χ4v) is 0.567. The summed E-state index contributed by atoms with van der Waals surface area (Å²) >= 11 is 5.50. The first-order valence-corrected chi connectivity index (χ1v) is 3.11. The van der Waals surface area contributed by atoms with Gasteiger partial charge in [-0.1, -0.05) is 11.6 Å². The van der Waals surface area contributed by atoms with Crippen molar-refractivity contribution >= 4 is 11.6 Å². The smallest absolute Gasteiger partial charge is 0.115 e. The minimum Gasteiger partial charge on any atom is -0.508 e. The van der Waals surface area contributed by atoms with Gasteiger partial charge in [-0.25, -0.2) is 0 Å². The third kappa shape index (κ3) is 3.15. The van der Waals surface area contributed by atoms with Crippen molar-refractivity contribution in [2.75, 3.05) is 0 Å². The molecule has 1 aromatic carbocycles. The number of phenolic OH excluding ortho intramolecular Hbond substituents is 1. The third-order valence-corrected chi connectivity index (χ3v) is 1.08. The summed E-state index contributed by atoms with van der Waals surface area (Å²) in [6.45, 7) is 6.00. The van der Waals surface area contributed by atoms with Crippen molar-refractivity contribution in [2.24, 2.45) is 0 Å². The van der Waals surface area contributed by atoms with E-state index in [4.69, 9.17) is 16.7 Å². The summed E-state index contributed by atoms with van der Waals surface area (Å²) in [7, 11) is 0. The lowest BCUT2D eigenvalue weighted by atomic mass is 10.3. The summed E-state index contributed by atoms with van der Waals surface area (Å²) in [6, 6.07) is 6.36. The number of benzene rings is 1. The van der Waals surface area contributed by atoms with E-state index < -0.39 is 0 Å². The maximum Gasteiger partial charge on any atom is 0.115 e. The van der Waals surface area contributed by atoms with Gasteiger partial charge in [-0.2, -0.15) is 0 Å². The van der Waals surface area contributed by atoms with Gasteiger partial charge in [0.25, 0.3) is 0 Å². The van der Waals surface area contributed by atoms with Crippen LogP contribution in [0.25, 0.3) is 0 Å². The van der Waals surface area contributed by atoms with E-state index in [-0.39, 0.29) is 5.75 Å². The van der Waals surface area contributed by atoms with E-state index in [1.165, 1.54) is 0 Å². The summed E-state index contributed by atoms with van der Waals surface area (Å²) in [6.07, 6.45) is 0. The van der Waals surface area contributed by atoms with E-state index in [1.807, 2.05) is 0 Å². The quantitative estimate of drug-likeness (QED) is 0.573. The summed E-state index contributed by atoms with van der Waals surface area (Å²) in [5, 5.41) is 9.34. The SMILES string of the molecule is C=C.Oc1ccc(Cl)cc1. The molecule has 1 N–H and O–H groups in total. The molecule has 54 valence electrons. The van der Waals surface area contributed by atoms with E-state index in [0.717, 1.165) is 0 Å². The molecular weight excluding hydrogens is 148 g/mol. The van der Waals surface area contributed by atoms with E-state index >= 15 is 0 Å². The van der Waals surface area contributed by atoms with Gasteiger partial charge in [0.15, 0.2) is 0 Å². The zero-order valence-corrected chi connectivity index (χ0v) is 6.30. The van der Waals surface area contributed by atoms with Crippen LogP contribution < -0.4 is 0 Å². The van der Waals surface area contributed by atoms with Crippen LogP contribution in [-0.2, 0) is 0 Å². The average Bonchev–Trinajstić information content (AvgIpc) is 2.00. The first kappa shape index (κ1) is 9.05. The Morgan fingerprint density at radius 3 is 1.80 bits per heavy atom. The molecule has 0 aliphatic carbocycles. The molecule has 0 saturated heterocycles. The highest BCUT2D eigenvalue weighted by atomic mass is 35.5. The molecule has 0 radical (unpaired) electrons. The first-order valence-electron chi connectivity index (χ1n) is 2.73. The van der Waals surface area contributed by atoms with Crippen molar-refractivity contribution in [2.45, 2.75) is 0 Å².